The molecule has 1 aromatic heterocycles. The molecule has 0 saturated carbocycles. The molecule has 0 amide bonds. The van der Waals surface area contributed by atoms with Crippen molar-refractivity contribution in [3.63, 3.8) is 0 Å². The van der Waals surface area contributed by atoms with Crippen molar-refractivity contribution in [2.24, 2.45) is 0 Å². The van der Waals surface area contributed by atoms with E-state index in [2.05, 4.69) is 15.2 Å². The van der Waals surface area contributed by atoms with Gasteiger partial charge in [-0.1, -0.05) is 0 Å². The first kappa shape index (κ1) is 7.43. The third-order valence-electron chi connectivity index (χ3n) is 1.08. The second kappa shape index (κ2) is 2.17. The maximum Gasteiger partial charge on any atom is 0.213 e. The highest BCUT2D eigenvalue weighted by molar-refractivity contribution is 7.71. The van der Waals surface area contributed by atoms with Crippen LogP contribution in [0, 0.1) is 4.77 Å². The van der Waals surface area contributed by atoms with Gasteiger partial charge in [0.25, 0.3) is 0 Å². The summed E-state index contributed by atoms with van der Waals surface area (Å²) in [6, 6.07) is 0. The van der Waals surface area contributed by atoms with Gasteiger partial charge < -0.3 is 5.11 Å². The molecule has 0 aromatic carbocycles. The summed E-state index contributed by atoms with van der Waals surface area (Å²) in [5, 5.41) is 14.6. The molecule has 5 heteroatoms. The van der Waals surface area contributed by atoms with Crippen LogP contribution in [-0.4, -0.2) is 20.3 Å². The SMILES string of the molecule is CC(C)(O)c1nc(=S)[nH][nH]1. The predicted octanol–water partition coefficient (Wildman–Crippen LogP) is 0.695. The van der Waals surface area contributed by atoms with Crippen molar-refractivity contribution in [3.8, 4) is 0 Å². The van der Waals surface area contributed by atoms with Gasteiger partial charge in [0.1, 0.15) is 5.60 Å². The zero-order valence-electron chi connectivity index (χ0n) is 5.80. The van der Waals surface area contributed by atoms with Crippen molar-refractivity contribution in [1.29, 1.82) is 0 Å². The van der Waals surface area contributed by atoms with E-state index in [1.54, 1.807) is 13.8 Å². The molecule has 0 bridgehead atoms. The highest BCUT2D eigenvalue weighted by Crippen LogP contribution is 2.12. The van der Waals surface area contributed by atoms with Crippen LogP contribution in [0.1, 0.15) is 19.7 Å². The number of rotatable bonds is 1. The molecule has 0 atom stereocenters. The molecular formula is C5H9N3OS. The first-order chi connectivity index (χ1) is 4.50. The molecule has 0 aliphatic rings. The smallest absolute Gasteiger partial charge is 0.213 e. The van der Waals surface area contributed by atoms with Crippen LogP contribution in [0.4, 0.5) is 0 Å². The third-order valence-corrected chi connectivity index (χ3v) is 1.27. The number of aromatic amines is 2. The van der Waals surface area contributed by atoms with Gasteiger partial charge in [0.05, 0.1) is 0 Å². The van der Waals surface area contributed by atoms with E-state index < -0.39 is 5.60 Å². The van der Waals surface area contributed by atoms with Gasteiger partial charge in [-0.25, -0.2) is 4.98 Å². The Morgan fingerprint density at radius 3 is 2.30 bits per heavy atom. The van der Waals surface area contributed by atoms with Gasteiger partial charge >= 0.3 is 0 Å². The fourth-order valence-corrected chi connectivity index (χ4v) is 0.702. The van der Waals surface area contributed by atoms with E-state index in [0.29, 0.717) is 10.6 Å². The minimum Gasteiger partial charge on any atom is -0.382 e. The minimum absolute atomic E-state index is 0.358. The standard InChI is InChI=1S/C5H9N3OS/c1-5(2,9)3-6-4(10)8-7-3/h9H,1-2H3,(H2,6,7,8,10). The molecule has 10 heavy (non-hydrogen) atoms. The van der Waals surface area contributed by atoms with E-state index in [-0.39, 0.29) is 0 Å². The van der Waals surface area contributed by atoms with Crippen molar-refractivity contribution in [3.05, 3.63) is 10.6 Å². The van der Waals surface area contributed by atoms with Crippen molar-refractivity contribution in [1.82, 2.24) is 15.2 Å². The quantitative estimate of drug-likeness (QED) is 0.528. The Morgan fingerprint density at radius 2 is 2.10 bits per heavy atom. The Hall–Kier alpha value is -0.680. The third kappa shape index (κ3) is 1.43. The van der Waals surface area contributed by atoms with Gasteiger partial charge in [-0.2, -0.15) is 0 Å². The van der Waals surface area contributed by atoms with Crippen LogP contribution in [0.5, 0.6) is 0 Å². The Bertz CT molecular complexity index is 269. The van der Waals surface area contributed by atoms with E-state index in [1.807, 2.05) is 0 Å². The topological polar surface area (TPSA) is 64.7 Å². The van der Waals surface area contributed by atoms with Gasteiger partial charge in [0.15, 0.2) is 5.82 Å². The summed E-state index contributed by atoms with van der Waals surface area (Å²) in [4.78, 5) is 3.84. The first-order valence-electron chi connectivity index (χ1n) is 2.87. The van der Waals surface area contributed by atoms with E-state index >= 15 is 0 Å². The molecular weight excluding hydrogens is 150 g/mol. The lowest BCUT2D eigenvalue weighted by molar-refractivity contribution is 0.0691. The van der Waals surface area contributed by atoms with E-state index in [9.17, 15) is 5.11 Å². The maximum atomic E-state index is 9.34. The normalized spacial score (nSPS) is 11.9. The fraction of sp³-hybridized carbons (Fsp3) is 0.600. The molecule has 1 aromatic rings. The predicted molar refractivity (Wildman–Crippen MR) is 39.0 cm³/mol. The number of aliphatic hydroxyl groups is 1. The molecule has 0 unspecified atom stereocenters. The number of H-pyrrole nitrogens is 2. The summed E-state index contributed by atoms with van der Waals surface area (Å²) in [6.07, 6.45) is 0. The Kier molecular flexibility index (Phi) is 1.61. The number of aromatic nitrogens is 3. The summed E-state index contributed by atoms with van der Waals surface area (Å²) in [7, 11) is 0. The molecule has 0 fully saturated rings. The molecule has 0 aliphatic heterocycles. The van der Waals surface area contributed by atoms with Crippen molar-refractivity contribution in [2.75, 3.05) is 0 Å². The molecule has 56 valence electrons. The van der Waals surface area contributed by atoms with Crippen LogP contribution in [0.2, 0.25) is 0 Å². The lowest BCUT2D eigenvalue weighted by Gasteiger charge is -2.11. The monoisotopic (exact) mass is 159 g/mol. The van der Waals surface area contributed by atoms with E-state index in [1.165, 1.54) is 0 Å². The highest BCUT2D eigenvalue weighted by Gasteiger charge is 2.18. The first-order valence-corrected chi connectivity index (χ1v) is 3.28. The number of hydrogen-bond acceptors (Lipinski definition) is 3. The van der Waals surface area contributed by atoms with Crippen LogP contribution < -0.4 is 0 Å². The molecule has 1 heterocycles. The summed E-state index contributed by atoms with van der Waals surface area (Å²) >= 11 is 4.69. The zero-order valence-corrected chi connectivity index (χ0v) is 6.62. The molecule has 1 rings (SSSR count). The van der Waals surface area contributed by atoms with Gasteiger partial charge in [0.2, 0.25) is 4.77 Å². The van der Waals surface area contributed by atoms with Crippen LogP contribution in [-0.2, 0) is 5.60 Å². The molecule has 0 radical (unpaired) electrons. The fourth-order valence-electron chi connectivity index (χ4n) is 0.560. The van der Waals surface area contributed by atoms with Crippen LogP contribution >= 0.6 is 12.2 Å². The van der Waals surface area contributed by atoms with Gasteiger partial charge in [-0.15, -0.1) is 0 Å². The van der Waals surface area contributed by atoms with E-state index in [4.69, 9.17) is 12.2 Å². The molecule has 0 aliphatic carbocycles. The lowest BCUT2D eigenvalue weighted by Crippen LogP contribution is -2.17. The van der Waals surface area contributed by atoms with Crippen molar-refractivity contribution >= 4 is 12.2 Å². The highest BCUT2D eigenvalue weighted by atomic mass is 32.1. The maximum absolute atomic E-state index is 9.34. The largest absolute Gasteiger partial charge is 0.382 e. The second-order valence-corrected chi connectivity index (χ2v) is 2.96. The van der Waals surface area contributed by atoms with Gasteiger partial charge in [0, 0.05) is 0 Å². The Labute approximate surface area is 63.3 Å². The van der Waals surface area contributed by atoms with Crippen LogP contribution in [0.25, 0.3) is 0 Å². The van der Waals surface area contributed by atoms with Crippen molar-refractivity contribution in [2.45, 2.75) is 19.4 Å². The average molecular weight is 159 g/mol. The summed E-state index contributed by atoms with van der Waals surface area (Å²) in [5.41, 5.74) is -0.951. The van der Waals surface area contributed by atoms with E-state index in [0.717, 1.165) is 0 Å². The van der Waals surface area contributed by atoms with Crippen molar-refractivity contribution < 1.29 is 5.11 Å². The summed E-state index contributed by atoms with van der Waals surface area (Å²) < 4.78 is 0.358. The zero-order chi connectivity index (χ0) is 7.78. The summed E-state index contributed by atoms with van der Waals surface area (Å²) in [5.74, 6) is 0.456. The minimum atomic E-state index is -0.951. The average Bonchev–Trinajstić information content (AvgIpc) is 2.11. The van der Waals surface area contributed by atoms with Crippen LogP contribution in [0.3, 0.4) is 0 Å². The molecule has 3 N–H and O–H groups in total. The van der Waals surface area contributed by atoms with Gasteiger partial charge in [-0.05, 0) is 26.1 Å². The number of nitrogens with one attached hydrogen (secondary N) is 2. The Balaban J connectivity index is 3.07. The molecule has 0 saturated heterocycles. The number of hydrogen-bond donors (Lipinski definition) is 3. The Morgan fingerprint density at radius 1 is 1.50 bits per heavy atom. The van der Waals surface area contributed by atoms with Gasteiger partial charge in [-0.3, -0.25) is 10.2 Å². The summed E-state index contributed by atoms with van der Waals surface area (Å²) in [6.45, 7) is 3.27. The number of nitrogens with zero attached hydrogens (tertiary/aromatic N) is 1. The molecule has 0 spiro atoms. The lowest BCUT2D eigenvalue weighted by atomic mass is 10.1. The molecule has 4 nitrogen and oxygen atoms in total. The van der Waals surface area contributed by atoms with Crippen LogP contribution in [0.15, 0.2) is 0 Å². The second-order valence-electron chi connectivity index (χ2n) is 2.57.